The van der Waals surface area contributed by atoms with E-state index in [2.05, 4.69) is 4.90 Å². The SMILES string of the molecule is COC(=O)c1ccc(CO[C@H](CN2CCN(C(=O)c3ccc(F)c(F)c3)CC2)c2cccc(OC)c2)cc1. The quantitative estimate of drug-likeness (QED) is 0.385. The lowest BCUT2D eigenvalue weighted by Gasteiger charge is -2.36. The maximum Gasteiger partial charge on any atom is 0.337 e. The van der Waals surface area contributed by atoms with Crippen LogP contribution in [-0.2, 0) is 16.1 Å². The van der Waals surface area contributed by atoms with Gasteiger partial charge in [-0.1, -0.05) is 24.3 Å². The first-order valence-electron chi connectivity index (χ1n) is 12.3. The summed E-state index contributed by atoms with van der Waals surface area (Å²) in [7, 11) is 2.96. The van der Waals surface area contributed by atoms with Crippen molar-refractivity contribution in [2.24, 2.45) is 0 Å². The number of hydrogen-bond acceptors (Lipinski definition) is 6. The van der Waals surface area contributed by atoms with Crippen LogP contribution in [0.25, 0.3) is 0 Å². The van der Waals surface area contributed by atoms with E-state index in [1.807, 2.05) is 36.4 Å². The fourth-order valence-electron chi connectivity index (χ4n) is 4.33. The van der Waals surface area contributed by atoms with Crippen LogP contribution in [0.15, 0.2) is 66.7 Å². The molecule has 7 nitrogen and oxygen atoms in total. The Labute approximate surface area is 220 Å². The molecule has 0 bridgehead atoms. The number of nitrogens with zero attached hydrogens (tertiary/aromatic N) is 2. The van der Waals surface area contributed by atoms with Crippen LogP contribution in [0, 0.1) is 11.6 Å². The zero-order chi connectivity index (χ0) is 27.1. The van der Waals surface area contributed by atoms with E-state index in [-0.39, 0.29) is 17.6 Å². The average Bonchev–Trinajstić information content (AvgIpc) is 2.96. The molecule has 1 aliphatic rings. The van der Waals surface area contributed by atoms with E-state index < -0.39 is 17.6 Å². The molecule has 1 heterocycles. The summed E-state index contributed by atoms with van der Waals surface area (Å²) in [6.07, 6.45) is -0.279. The van der Waals surface area contributed by atoms with Crippen molar-refractivity contribution in [3.05, 3.63) is 101 Å². The Balaban J connectivity index is 1.40. The van der Waals surface area contributed by atoms with Gasteiger partial charge in [0.25, 0.3) is 5.91 Å². The number of hydrogen-bond donors (Lipinski definition) is 0. The maximum absolute atomic E-state index is 13.6. The number of halogens is 2. The predicted octanol–water partition coefficient (Wildman–Crippen LogP) is 4.48. The highest BCUT2D eigenvalue weighted by atomic mass is 19.2. The van der Waals surface area contributed by atoms with Gasteiger partial charge in [-0.2, -0.15) is 0 Å². The van der Waals surface area contributed by atoms with Crippen LogP contribution in [0.1, 0.15) is 37.9 Å². The number of carbonyl (C=O) groups excluding carboxylic acids is 2. The minimum absolute atomic E-state index is 0.133. The van der Waals surface area contributed by atoms with Gasteiger partial charge >= 0.3 is 5.97 Å². The summed E-state index contributed by atoms with van der Waals surface area (Å²) >= 11 is 0. The number of benzene rings is 3. The van der Waals surface area contributed by atoms with Gasteiger partial charge in [-0.3, -0.25) is 9.69 Å². The molecule has 1 atom stereocenters. The van der Waals surface area contributed by atoms with Gasteiger partial charge in [-0.15, -0.1) is 0 Å². The first-order valence-corrected chi connectivity index (χ1v) is 12.3. The zero-order valence-corrected chi connectivity index (χ0v) is 21.4. The molecule has 0 N–H and O–H groups in total. The van der Waals surface area contributed by atoms with E-state index in [0.717, 1.165) is 29.0 Å². The third kappa shape index (κ3) is 6.73. The Morgan fingerprint density at radius 2 is 1.58 bits per heavy atom. The van der Waals surface area contributed by atoms with Crippen LogP contribution >= 0.6 is 0 Å². The van der Waals surface area contributed by atoms with Crippen molar-refractivity contribution in [3.8, 4) is 5.75 Å². The fraction of sp³-hybridized carbons (Fsp3) is 0.310. The second-order valence-corrected chi connectivity index (χ2v) is 8.99. The topological polar surface area (TPSA) is 68.3 Å². The van der Waals surface area contributed by atoms with E-state index >= 15 is 0 Å². The number of ether oxygens (including phenoxy) is 3. The lowest BCUT2D eigenvalue weighted by molar-refractivity contribution is 0.00331. The number of rotatable bonds is 9. The smallest absolute Gasteiger partial charge is 0.337 e. The standard InChI is InChI=1S/C29H30F2N2O5/c1-36-24-5-3-4-22(16-24)27(38-19-20-6-8-21(9-7-20)29(35)37-2)18-32-12-14-33(15-13-32)28(34)23-10-11-25(30)26(31)17-23/h3-11,16-17,27H,12-15,18-19H2,1-2H3/t27-/m1/s1. The van der Waals surface area contributed by atoms with Crippen LogP contribution in [-0.4, -0.2) is 68.6 Å². The van der Waals surface area contributed by atoms with E-state index in [1.165, 1.54) is 13.2 Å². The lowest BCUT2D eigenvalue weighted by atomic mass is 10.1. The first-order chi connectivity index (χ1) is 18.4. The molecule has 0 spiro atoms. The molecule has 4 rings (SSSR count). The minimum Gasteiger partial charge on any atom is -0.497 e. The number of carbonyl (C=O) groups is 2. The van der Waals surface area contributed by atoms with Gasteiger partial charge in [0.05, 0.1) is 32.5 Å². The summed E-state index contributed by atoms with van der Waals surface area (Å²) in [6, 6.07) is 18.0. The third-order valence-corrected chi connectivity index (χ3v) is 6.54. The summed E-state index contributed by atoms with van der Waals surface area (Å²) in [6.45, 7) is 3.04. The van der Waals surface area contributed by atoms with Crippen LogP contribution in [0.4, 0.5) is 8.78 Å². The van der Waals surface area contributed by atoms with Crippen molar-refractivity contribution in [1.29, 1.82) is 0 Å². The number of amides is 1. The van der Waals surface area contributed by atoms with Gasteiger partial charge < -0.3 is 19.1 Å². The third-order valence-electron chi connectivity index (χ3n) is 6.54. The molecule has 1 aliphatic heterocycles. The van der Waals surface area contributed by atoms with E-state index in [0.29, 0.717) is 44.9 Å². The Morgan fingerprint density at radius 3 is 2.24 bits per heavy atom. The van der Waals surface area contributed by atoms with Crippen molar-refractivity contribution in [3.63, 3.8) is 0 Å². The fourth-order valence-corrected chi connectivity index (χ4v) is 4.33. The van der Waals surface area contributed by atoms with Gasteiger partial charge in [0.15, 0.2) is 11.6 Å². The molecule has 0 radical (unpaired) electrons. The largest absolute Gasteiger partial charge is 0.497 e. The Morgan fingerprint density at radius 1 is 0.868 bits per heavy atom. The number of esters is 1. The van der Waals surface area contributed by atoms with Gasteiger partial charge in [0.2, 0.25) is 0 Å². The van der Waals surface area contributed by atoms with Crippen LogP contribution in [0.5, 0.6) is 5.75 Å². The van der Waals surface area contributed by atoms with Crippen molar-refractivity contribution in [2.75, 3.05) is 46.9 Å². The van der Waals surface area contributed by atoms with Crippen LogP contribution in [0.3, 0.4) is 0 Å². The highest BCUT2D eigenvalue weighted by Crippen LogP contribution is 2.25. The summed E-state index contributed by atoms with van der Waals surface area (Å²) in [5, 5.41) is 0. The van der Waals surface area contributed by atoms with Crippen molar-refractivity contribution < 1.29 is 32.6 Å². The Hall–Kier alpha value is -3.82. The molecule has 0 aromatic heterocycles. The Bertz CT molecular complexity index is 1260. The summed E-state index contributed by atoms with van der Waals surface area (Å²) in [5.41, 5.74) is 2.47. The second kappa shape index (κ2) is 12.6. The lowest BCUT2D eigenvalue weighted by Crippen LogP contribution is -2.49. The van der Waals surface area contributed by atoms with Crippen molar-refractivity contribution in [1.82, 2.24) is 9.80 Å². The van der Waals surface area contributed by atoms with Gasteiger partial charge in [0.1, 0.15) is 5.75 Å². The molecule has 0 aliphatic carbocycles. The molecule has 1 amide bonds. The molecule has 200 valence electrons. The number of methoxy groups -OCH3 is 2. The molecular formula is C29H30F2N2O5. The van der Waals surface area contributed by atoms with Gasteiger partial charge in [0, 0.05) is 38.3 Å². The highest BCUT2D eigenvalue weighted by Gasteiger charge is 2.25. The monoisotopic (exact) mass is 524 g/mol. The second-order valence-electron chi connectivity index (χ2n) is 8.99. The molecule has 3 aromatic rings. The highest BCUT2D eigenvalue weighted by molar-refractivity contribution is 5.94. The normalized spacial score (nSPS) is 14.7. The average molecular weight is 525 g/mol. The molecule has 0 saturated carbocycles. The van der Waals surface area contributed by atoms with E-state index in [1.54, 1.807) is 24.1 Å². The molecule has 1 fully saturated rings. The van der Waals surface area contributed by atoms with E-state index in [9.17, 15) is 18.4 Å². The summed E-state index contributed by atoms with van der Waals surface area (Å²) < 4.78 is 43.3. The molecule has 1 saturated heterocycles. The zero-order valence-electron chi connectivity index (χ0n) is 21.4. The molecule has 38 heavy (non-hydrogen) atoms. The molecular weight excluding hydrogens is 494 g/mol. The first kappa shape index (κ1) is 27.2. The van der Waals surface area contributed by atoms with Crippen molar-refractivity contribution in [2.45, 2.75) is 12.7 Å². The van der Waals surface area contributed by atoms with Gasteiger partial charge in [-0.25, -0.2) is 13.6 Å². The summed E-state index contributed by atoms with van der Waals surface area (Å²) in [5.74, 6) is -2.00. The van der Waals surface area contributed by atoms with Crippen LogP contribution < -0.4 is 4.74 Å². The maximum atomic E-state index is 13.6. The van der Waals surface area contributed by atoms with E-state index in [4.69, 9.17) is 14.2 Å². The van der Waals surface area contributed by atoms with Gasteiger partial charge in [-0.05, 0) is 53.6 Å². The Kier molecular flexibility index (Phi) is 9.04. The number of piperazine rings is 1. The molecule has 3 aromatic carbocycles. The minimum atomic E-state index is -1.03. The molecule has 9 heteroatoms. The predicted molar refractivity (Wildman–Crippen MR) is 137 cm³/mol. The van der Waals surface area contributed by atoms with Crippen LogP contribution in [0.2, 0.25) is 0 Å². The molecule has 0 unspecified atom stereocenters. The van der Waals surface area contributed by atoms with Crippen molar-refractivity contribution >= 4 is 11.9 Å². The summed E-state index contributed by atoms with van der Waals surface area (Å²) in [4.78, 5) is 28.3.